The Hall–Kier alpha value is -1.88. The number of aryl methyl sites for hydroxylation is 2. The van der Waals surface area contributed by atoms with Crippen molar-refractivity contribution in [2.75, 3.05) is 45.8 Å². The minimum Gasteiger partial charge on any atom is -0.339 e. The summed E-state index contributed by atoms with van der Waals surface area (Å²) in [6.07, 6.45) is 0.562. The second kappa shape index (κ2) is 8.99. The maximum atomic E-state index is 12.6. The van der Waals surface area contributed by atoms with E-state index in [1.54, 1.807) is 0 Å². The quantitative estimate of drug-likeness (QED) is 0.795. The zero-order chi connectivity index (χ0) is 18.4. The summed E-state index contributed by atoms with van der Waals surface area (Å²) in [6, 6.07) is 5.85. The van der Waals surface area contributed by atoms with Crippen molar-refractivity contribution in [1.29, 1.82) is 0 Å². The first kappa shape index (κ1) is 19.4. The van der Waals surface area contributed by atoms with E-state index < -0.39 is 0 Å². The number of rotatable bonds is 6. The molecule has 138 valence electrons. The van der Waals surface area contributed by atoms with Gasteiger partial charge in [0.1, 0.15) is 0 Å². The molecule has 0 aromatic heterocycles. The lowest BCUT2D eigenvalue weighted by atomic mass is 10.1. The van der Waals surface area contributed by atoms with E-state index in [9.17, 15) is 9.59 Å². The molecule has 0 saturated carbocycles. The van der Waals surface area contributed by atoms with Crippen LogP contribution in [0.4, 0.5) is 0 Å². The Kier molecular flexibility index (Phi) is 7.00. The van der Waals surface area contributed by atoms with Crippen molar-refractivity contribution in [2.24, 2.45) is 0 Å². The average Bonchev–Trinajstić information content (AvgIpc) is 2.64. The number of carbonyl (C=O) groups excluding carboxylic acids is 2. The smallest absolute Gasteiger partial charge is 0.253 e. The molecular weight excluding hydrogens is 314 g/mol. The molecule has 5 heteroatoms. The molecule has 1 fully saturated rings. The molecule has 0 bridgehead atoms. The molecule has 2 rings (SSSR count). The van der Waals surface area contributed by atoms with Crippen LogP contribution in [0.25, 0.3) is 0 Å². The van der Waals surface area contributed by atoms with Crippen molar-refractivity contribution < 1.29 is 9.59 Å². The molecule has 25 heavy (non-hydrogen) atoms. The van der Waals surface area contributed by atoms with Crippen molar-refractivity contribution in [2.45, 2.75) is 34.1 Å². The maximum absolute atomic E-state index is 12.6. The topological polar surface area (TPSA) is 43.9 Å². The Morgan fingerprint density at radius 3 is 2.12 bits per heavy atom. The number of hydrogen-bond acceptors (Lipinski definition) is 3. The number of carbonyl (C=O) groups is 2. The fraction of sp³-hybridized carbons (Fsp3) is 0.600. The molecule has 1 aromatic rings. The fourth-order valence-electron chi connectivity index (χ4n) is 3.17. The zero-order valence-electron chi connectivity index (χ0n) is 16.0. The highest BCUT2D eigenvalue weighted by molar-refractivity contribution is 5.94. The zero-order valence-corrected chi connectivity index (χ0v) is 16.0. The van der Waals surface area contributed by atoms with Crippen LogP contribution in [0.2, 0.25) is 0 Å². The first-order valence-electron chi connectivity index (χ1n) is 9.32. The number of nitrogens with zero attached hydrogens (tertiary/aromatic N) is 3. The van der Waals surface area contributed by atoms with Gasteiger partial charge in [-0.1, -0.05) is 19.9 Å². The van der Waals surface area contributed by atoms with E-state index in [-0.39, 0.29) is 11.8 Å². The lowest BCUT2D eigenvalue weighted by Crippen LogP contribution is -2.51. The molecule has 0 spiro atoms. The number of benzene rings is 1. The Morgan fingerprint density at radius 2 is 1.56 bits per heavy atom. The van der Waals surface area contributed by atoms with Crippen molar-refractivity contribution in [3.63, 3.8) is 0 Å². The fourth-order valence-corrected chi connectivity index (χ4v) is 3.17. The normalized spacial score (nSPS) is 14.9. The van der Waals surface area contributed by atoms with E-state index in [4.69, 9.17) is 0 Å². The number of hydrogen-bond donors (Lipinski definition) is 0. The number of amides is 2. The molecule has 1 aliphatic rings. The molecule has 1 aromatic carbocycles. The molecule has 1 saturated heterocycles. The summed E-state index contributed by atoms with van der Waals surface area (Å²) in [6.45, 7) is 13.6. The van der Waals surface area contributed by atoms with Crippen molar-refractivity contribution in [3.05, 3.63) is 34.9 Å². The van der Waals surface area contributed by atoms with Crippen LogP contribution in [0, 0.1) is 13.8 Å². The maximum Gasteiger partial charge on any atom is 0.253 e. The molecule has 0 aliphatic carbocycles. The Bertz CT molecular complexity index is 603. The van der Waals surface area contributed by atoms with Crippen LogP contribution in [-0.2, 0) is 4.79 Å². The van der Waals surface area contributed by atoms with Crippen LogP contribution < -0.4 is 0 Å². The summed E-state index contributed by atoms with van der Waals surface area (Å²) in [4.78, 5) is 31.0. The van der Waals surface area contributed by atoms with Gasteiger partial charge in [-0.05, 0) is 50.2 Å². The van der Waals surface area contributed by atoms with Crippen LogP contribution in [0.5, 0.6) is 0 Å². The predicted molar refractivity (Wildman–Crippen MR) is 101 cm³/mol. The van der Waals surface area contributed by atoms with Gasteiger partial charge in [-0.2, -0.15) is 0 Å². The van der Waals surface area contributed by atoms with Gasteiger partial charge in [0.15, 0.2) is 0 Å². The van der Waals surface area contributed by atoms with Gasteiger partial charge in [0.25, 0.3) is 5.91 Å². The Morgan fingerprint density at radius 1 is 0.960 bits per heavy atom. The Balaban J connectivity index is 1.85. The van der Waals surface area contributed by atoms with Gasteiger partial charge in [0.2, 0.25) is 5.91 Å². The highest BCUT2D eigenvalue weighted by Gasteiger charge is 2.25. The summed E-state index contributed by atoms with van der Waals surface area (Å²) in [7, 11) is 0. The molecule has 1 aliphatic heterocycles. The van der Waals surface area contributed by atoms with Crippen molar-refractivity contribution >= 4 is 11.8 Å². The summed E-state index contributed by atoms with van der Waals surface area (Å²) >= 11 is 0. The van der Waals surface area contributed by atoms with Crippen LogP contribution in [-0.4, -0.2) is 72.3 Å². The minimum atomic E-state index is 0.0679. The summed E-state index contributed by atoms with van der Waals surface area (Å²) < 4.78 is 0. The third kappa shape index (κ3) is 5.05. The lowest BCUT2D eigenvalue weighted by Gasteiger charge is -2.35. The Labute approximate surface area is 151 Å². The van der Waals surface area contributed by atoms with Gasteiger partial charge in [0.05, 0.1) is 0 Å². The third-order valence-corrected chi connectivity index (χ3v) is 5.21. The van der Waals surface area contributed by atoms with E-state index in [1.807, 2.05) is 41.8 Å². The largest absolute Gasteiger partial charge is 0.339 e. The molecule has 0 N–H and O–H groups in total. The van der Waals surface area contributed by atoms with Gasteiger partial charge in [-0.3, -0.25) is 9.59 Å². The molecular formula is C20H31N3O2. The van der Waals surface area contributed by atoms with E-state index in [1.165, 1.54) is 5.56 Å². The lowest BCUT2D eigenvalue weighted by molar-refractivity contribution is -0.133. The molecule has 1 heterocycles. The molecule has 0 unspecified atom stereocenters. The van der Waals surface area contributed by atoms with Crippen molar-refractivity contribution in [1.82, 2.24) is 14.7 Å². The highest BCUT2D eigenvalue weighted by Crippen LogP contribution is 2.14. The van der Waals surface area contributed by atoms with Gasteiger partial charge >= 0.3 is 0 Å². The first-order chi connectivity index (χ1) is 12.0. The van der Waals surface area contributed by atoms with Gasteiger partial charge in [0, 0.05) is 44.7 Å². The summed E-state index contributed by atoms with van der Waals surface area (Å²) in [5, 5.41) is 0. The third-order valence-electron chi connectivity index (χ3n) is 5.21. The molecule has 0 atom stereocenters. The van der Waals surface area contributed by atoms with Gasteiger partial charge in [-0.25, -0.2) is 0 Å². The van der Waals surface area contributed by atoms with Crippen LogP contribution in [0.15, 0.2) is 18.2 Å². The van der Waals surface area contributed by atoms with E-state index >= 15 is 0 Å². The predicted octanol–water partition coefficient (Wildman–Crippen LogP) is 2.32. The van der Waals surface area contributed by atoms with E-state index in [0.717, 1.165) is 30.8 Å². The van der Waals surface area contributed by atoms with Crippen molar-refractivity contribution in [3.8, 4) is 0 Å². The summed E-state index contributed by atoms with van der Waals surface area (Å²) in [5.74, 6) is 0.267. The molecule has 5 nitrogen and oxygen atoms in total. The number of piperazine rings is 1. The minimum absolute atomic E-state index is 0.0679. The van der Waals surface area contributed by atoms with Crippen LogP contribution in [0.3, 0.4) is 0 Å². The van der Waals surface area contributed by atoms with Gasteiger partial charge < -0.3 is 14.7 Å². The highest BCUT2D eigenvalue weighted by atomic mass is 16.2. The van der Waals surface area contributed by atoms with Gasteiger partial charge in [-0.15, -0.1) is 0 Å². The second-order valence-corrected chi connectivity index (χ2v) is 6.75. The second-order valence-electron chi connectivity index (χ2n) is 6.75. The summed E-state index contributed by atoms with van der Waals surface area (Å²) in [5.41, 5.74) is 3.07. The molecule has 2 amide bonds. The van der Waals surface area contributed by atoms with Crippen LogP contribution >= 0.6 is 0 Å². The first-order valence-corrected chi connectivity index (χ1v) is 9.32. The standard InChI is InChI=1S/C20H31N3O2/c1-5-21(6-2)10-9-19(24)22-11-13-23(14-12-22)20(25)18-8-7-16(3)17(4)15-18/h7-8,15H,5-6,9-14H2,1-4H3. The SMILES string of the molecule is CCN(CC)CCC(=O)N1CCN(C(=O)c2ccc(C)c(C)c2)CC1. The van der Waals surface area contributed by atoms with E-state index in [0.29, 0.717) is 32.6 Å². The van der Waals surface area contributed by atoms with E-state index in [2.05, 4.69) is 18.7 Å². The molecule has 0 radical (unpaired) electrons. The van der Waals surface area contributed by atoms with Crippen LogP contribution in [0.1, 0.15) is 41.8 Å². The average molecular weight is 345 g/mol. The monoisotopic (exact) mass is 345 g/mol.